The summed E-state index contributed by atoms with van der Waals surface area (Å²) in [6.45, 7) is 2.03. The number of fused-ring (bicyclic) bond motifs is 1. The van der Waals surface area contributed by atoms with Crippen LogP contribution in [0.25, 0.3) is 11.0 Å². The van der Waals surface area contributed by atoms with E-state index in [1.54, 1.807) is 6.26 Å². The van der Waals surface area contributed by atoms with E-state index in [0.29, 0.717) is 6.42 Å². The van der Waals surface area contributed by atoms with Crippen molar-refractivity contribution in [1.29, 1.82) is 0 Å². The Bertz CT molecular complexity index is 606. The molecule has 0 unspecified atom stereocenters. The van der Waals surface area contributed by atoms with E-state index in [2.05, 4.69) is 0 Å². The lowest BCUT2D eigenvalue weighted by molar-refractivity contribution is -0.149. The van der Waals surface area contributed by atoms with Gasteiger partial charge in [-0.2, -0.15) is 0 Å². The van der Waals surface area contributed by atoms with Crippen molar-refractivity contribution < 1.29 is 13.9 Å². The van der Waals surface area contributed by atoms with Gasteiger partial charge < -0.3 is 9.15 Å². The van der Waals surface area contributed by atoms with Crippen molar-refractivity contribution >= 4 is 16.9 Å². The lowest BCUT2D eigenvalue weighted by Crippen LogP contribution is -2.21. The molecule has 0 aliphatic heterocycles. The Balaban J connectivity index is 1.67. The molecule has 0 radical (unpaired) electrons. The van der Waals surface area contributed by atoms with Gasteiger partial charge in [0, 0.05) is 10.9 Å². The lowest BCUT2D eigenvalue weighted by Gasteiger charge is -2.21. The maximum Gasteiger partial charge on any atom is 0.310 e. The van der Waals surface area contributed by atoms with Gasteiger partial charge in [-0.05, 0) is 44.2 Å². The minimum absolute atomic E-state index is 0.122. The molecule has 1 fully saturated rings. The van der Waals surface area contributed by atoms with Gasteiger partial charge in [0.25, 0.3) is 0 Å². The Morgan fingerprint density at radius 1 is 1.30 bits per heavy atom. The molecule has 106 valence electrons. The molecule has 1 saturated carbocycles. The normalized spacial score (nSPS) is 16.4. The summed E-state index contributed by atoms with van der Waals surface area (Å²) in [5.74, 6) is -0.139. The highest BCUT2D eigenvalue weighted by Crippen LogP contribution is 2.24. The highest BCUT2D eigenvalue weighted by molar-refractivity contribution is 5.86. The average molecular weight is 272 g/mol. The second-order valence-corrected chi connectivity index (χ2v) is 5.69. The zero-order valence-corrected chi connectivity index (χ0v) is 11.9. The monoisotopic (exact) mass is 272 g/mol. The van der Waals surface area contributed by atoms with Gasteiger partial charge in [-0.25, -0.2) is 0 Å². The number of rotatable bonds is 3. The highest BCUT2D eigenvalue weighted by Gasteiger charge is 2.19. The van der Waals surface area contributed by atoms with Crippen LogP contribution in [-0.2, 0) is 16.0 Å². The number of esters is 1. The van der Waals surface area contributed by atoms with Crippen LogP contribution in [0.15, 0.2) is 28.9 Å². The van der Waals surface area contributed by atoms with Gasteiger partial charge in [0.05, 0.1) is 12.7 Å². The molecule has 2 aromatic rings. The van der Waals surface area contributed by atoms with E-state index >= 15 is 0 Å². The third kappa shape index (κ3) is 2.87. The second-order valence-electron chi connectivity index (χ2n) is 5.69. The molecule has 0 spiro atoms. The molecule has 20 heavy (non-hydrogen) atoms. The number of benzene rings is 1. The fourth-order valence-electron chi connectivity index (χ4n) is 2.89. The molecule has 3 rings (SSSR count). The van der Waals surface area contributed by atoms with Gasteiger partial charge in [0.15, 0.2) is 0 Å². The zero-order chi connectivity index (χ0) is 13.9. The summed E-state index contributed by atoms with van der Waals surface area (Å²) in [6.07, 6.45) is 7.72. The van der Waals surface area contributed by atoms with Crippen LogP contribution in [0, 0.1) is 6.92 Å². The molecule has 0 amide bonds. The van der Waals surface area contributed by atoms with Crippen molar-refractivity contribution in [2.24, 2.45) is 0 Å². The quantitative estimate of drug-likeness (QED) is 0.788. The Morgan fingerprint density at radius 3 is 2.90 bits per heavy atom. The van der Waals surface area contributed by atoms with Gasteiger partial charge in [0.1, 0.15) is 11.7 Å². The zero-order valence-electron chi connectivity index (χ0n) is 11.9. The third-order valence-electron chi connectivity index (χ3n) is 4.00. The molecule has 3 nitrogen and oxygen atoms in total. The van der Waals surface area contributed by atoms with Gasteiger partial charge in [-0.1, -0.05) is 18.6 Å². The molecule has 1 aliphatic rings. The van der Waals surface area contributed by atoms with Crippen LogP contribution in [0.1, 0.15) is 43.2 Å². The van der Waals surface area contributed by atoms with Gasteiger partial charge in [0.2, 0.25) is 0 Å². The summed E-state index contributed by atoms with van der Waals surface area (Å²) in [6, 6.07) is 6.04. The fraction of sp³-hybridized carbons (Fsp3) is 0.471. The van der Waals surface area contributed by atoms with Crippen molar-refractivity contribution in [3.8, 4) is 0 Å². The lowest BCUT2D eigenvalue weighted by atomic mass is 9.98. The molecule has 0 N–H and O–H groups in total. The largest absolute Gasteiger partial charge is 0.464 e. The summed E-state index contributed by atoms with van der Waals surface area (Å²) in [7, 11) is 0. The molecule has 0 atom stereocenters. The Morgan fingerprint density at radius 2 is 2.10 bits per heavy atom. The number of carbonyl (C=O) groups excluding carboxylic acids is 1. The summed E-state index contributed by atoms with van der Waals surface area (Å²) in [5, 5.41) is 1.01. The van der Waals surface area contributed by atoms with Crippen molar-refractivity contribution in [3.05, 3.63) is 35.6 Å². The van der Waals surface area contributed by atoms with E-state index < -0.39 is 0 Å². The fourth-order valence-corrected chi connectivity index (χ4v) is 2.89. The van der Waals surface area contributed by atoms with Gasteiger partial charge in [-0.15, -0.1) is 0 Å². The maximum atomic E-state index is 12.0. The first-order valence-electron chi connectivity index (χ1n) is 7.38. The summed E-state index contributed by atoms with van der Waals surface area (Å²) >= 11 is 0. The van der Waals surface area contributed by atoms with Gasteiger partial charge in [-0.3, -0.25) is 4.79 Å². The predicted molar refractivity (Wildman–Crippen MR) is 77.6 cm³/mol. The molecule has 1 heterocycles. The average Bonchev–Trinajstić information content (AvgIpc) is 2.82. The first-order chi connectivity index (χ1) is 9.72. The molecule has 3 heteroatoms. The first-order valence-corrected chi connectivity index (χ1v) is 7.38. The summed E-state index contributed by atoms with van der Waals surface area (Å²) < 4.78 is 11.1. The minimum atomic E-state index is -0.139. The van der Waals surface area contributed by atoms with Crippen LogP contribution in [0.2, 0.25) is 0 Å². The van der Waals surface area contributed by atoms with Crippen LogP contribution in [-0.4, -0.2) is 12.1 Å². The Hall–Kier alpha value is -1.77. The number of hydrogen-bond donors (Lipinski definition) is 0. The number of hydrogen-bond acceptors (Lipinski definition) is 3. The molecule has 0 saturated heterocycles. The minimum Gasteiger partial charge on any atom is -0.464 e. The second kappa shape index (κ2) is 5.70. The standard InChI is InChI=1S/C17H20O3/c1-12-7-8-15-13(11-19-16(15)9-12)10-17(18)20-14-5-3-2-4-6-14/h7-9,11,14H,2-6,10H2,1H3. The number of ether oxygens (including phenoxy) is 1. The molecule has 1 aromatic carbocycles. The van der Waals surface area contributed by atoms with E-state index in [1.165, 1.54) is 19.3 Å². The summed E-state index contributed by atoms with van der Waals surface area (Å²) in [4.78, 5) is 12.0. The molecular weight excluding hydrogens is 252 g/mol. The van der Waals surface area contributed by atoms with Crippen LogP contribution < -0.4 is 0 Å². The summed E-state index contributed by atoms with van der Waals surface area (Å²) in [5.41, 5.74) is 2.91. The maximum absolute atomic E-state index is 12.0. The van der Waals surface area contributed by atoms with Crippen molar-refractivity contribution in [2.75, 3.05) is 0 Å². The third-order valence-corrected chi connectivity index (χ3v) is 4.00. The van der Waals surface area contributed by atoms with Crippen molar-refractivity contribution in [3.63, 3.8) is 0 Å². The van der Waals surface area contributed by atoms with E-state index in [1.807, 2.05) is 25.1 Å². The Labute approximate surface area is 118 Å². The number of aryl methyl sites for hydroxylation is 1. The van der Waals surface area contributed by atoms with Crippen LogP contribution in [0.3, 0.4) is 0 Å². The van der Waals surface area contributed by atoms with Crippen LogP contribution in [0.4, 0.5) is 0 Å². The van der Waals surface area contributed by atoms with Crippen molar-refractivity contribution in [2.45, 2.75) is 51.6 Å². The van der Waals surface area contributed by atoms with E-state index in [4.69, 9.17) is 9.15 Å². The highest BCUT2D eigenvalue weighted by atomic mass is 16.5. The number of carbonyl (C=O) groups is 1. The van der Waals surface area contributed by atoms with Crippen molar-refractivity contribution in [1.82, 2.24) is 0 Å². The number of furan rings is 1. The van der Waals surface area contributed by atoms with E-state index in [9.17, 15) is 4.79 Å². The van der Waals surface area contributed by atoms with E-state index in [-0.39, 0.29) is 12.1 Å². The SMILES string of the molecule is Cc1ccc2c(CC(=O)OC3CCCCC3)coc2c1. The Kier molecular flexibility index (Phi) is 3.77. The first kappa shape index (κ1) is 13.2. The molecule has 1 aromatic heterocycles. The van der Waals surface area contributed by atoms with E-state index in [0.717, 1.165) is 34.9 Å². The molecule has 1 aliphatic carbocycles. The molecular formula is C17H20O3. The van der Waals surface area contributed by atoms with Crippen LogP contribution in [0.5, 0.6) is 0 Å². The molecule has 0 bridgehead atoms. The van der Waals surface area contributed by atoms with Crippen LogP contribution >= 0.6 is 0 Å². The van der Waals surface area contributed by atoms with Gasteiger partial charge >= 0.3 is 5.97 Å². The topological polar surface area (TPSA) is 39.4 Å². The predicted octanol–water partition coefficient (Wildman–Crippen LogP) is 4.16. The smallest absolute Gasteiger partial charge is 0.310 e.